The molecule has 0 bridgehead atoms. The molecule has 1 fully saturated rings. The zero-order chi connectivity index (χ0) is 8.48. The van der Waals surface area contributed by atoms with Crippen LogP contribution in [0.25, 0.3) is 0 Å². The van der Waals surface area contributed by atoms with E-state index < -0.39 is 0 Å². The van der Waals surface area contributed by atoms with E-state index in [0.29, 0.717) is 0 Å². The molecular formula is C9H18N2. The SMILES string of the molecule is CC(C)(C)C(N)=NCC1CC1. The van der Waals surface area contributed by atoms with Crippen LogP contribution in [0.5, 0.6) is 0 Å². The van der Waals surface area contributed by atoms with Crippen LogP contribution in [0.4, 0.5) is 0 Å². The molecule has 0 aromatic rings. The van der Waals surface area contributed by atoms with Gasteiger partial charge in [0, 0.05) is 12.0 Å². The van der Waals surface area contributed by atoms with Crippen LogP contribution in [0.1, 0.15) is 33.6 Å². The summed E-state index contributed by atoms with van der Waals surface area (Å²) in [5.41, 5.74) is 5.83. The van der Waals surface area contributed by atoms with Crippen LogP contribution in [0.2, 0.25) is 0 Å². The number of nitrogens with two attached hydrogens (primary N) is 1. The molecule has 0 aromatic carbocycles. The Morgan fingerprint density at radius 2 is 2.00 bits per heavy atom. The highest BCUT2D eigenvalue weighted by molar-refractivity contribution is 5.85. The van der Waals surface area contributed by atoms with Gasteiger partial charge < -0.3 is 5.73 Å². The molecular weight excluding hydrogens is 136 g/mol. The van der Waals surface area contributed by atoms with Gasteiger partial charge in [0.1, 0.15) is 0 Å². The third-order valence-electron chi connectivity index (χ3n) is 1.99. The number of hydrogen-bond donors (Lipinski definition) is 1. The molecule has 1 aliphatic rings. The first-order valence-electron chi connectivity index (χ1n) is 4.30. The van der Waals surface area contributed by atoms with Gasteiger partial charge in [-0.2, -0.15) is 0 Å². The monoisotopic (exact) mass is 154 g/mol. The largest absolute Gasteiger partial charge is 0.387 e. The normalized spacial score (nSPS) is 20.5. The summed E-state index contributed by atoms with van der Waals surface area (Å²) in [7, 11) is 0. The van der Waals surface area contributed by atoms with E-state index in [1.807, 2.05) is 0 Å². The smallest absolute Gasteiger partial charge is 0.0991 e. The van der Waals surface area contributed by atoms with Crippen LogP contribution in [0, 0.1) is 11.3 Å². The minimum absolute atomic E-state index is 0.0505. The molecule has 1 aliphatic carbocycles. The van der Waals surface area contributed by atoms with E-state index >= 15 is 0 Å². The molecule has 64 valence electrons. The Kier molecular flexibility index (Phi) is 2.21. The lowest BCUT2D eigenvalue weighted by Crippen LogP contribution is -2.29. The summed E-state index contributed by atoms with van der Waals surface area (Å²) in [5.74, 6) is 1.64. The van der Waals surface area contributed by atoms with E-state index in [1.54, 1.807) is 0 Å². The fraction of sp³-hybridized carbons (Fsp3) is 0.889. The lowest BCUT2D eigenvalue weighted by atomic mass is 9.95. The molecule has 2 nitrogen and oxygen atoms in total. The molecule has 0 heterocycles. The molecule has 0 aromatic heterocycles. The van der Waals surface area contributed by atoms with E-state index in [-0.39, 0.29) is 5.41 Å². The van der Waals surface area contributed by atoms with Gasteiger partial charge in [-0.15, -0.1) is 0 Å². The summed E-state index contributed by atoms with van der Waals surface area (Å²) in [4.78, 5) is 4.35. The van der Waals surface area contributed by atoms with E-state index in [4.69, 9.17) is 5.73 Å². The Bertz CT molecular complexity index is 161. The summed E-state index contributed by atoms with van der Waals surface area (Å²) in [6, 6.07) is 0. The van der Waals surface area contributed by atoms with Crippen molar-refractivity contribution in [1.82, 2.24) is 0 Å². The molecule has 1 saturated carbocycles. The number of aliphatic imine (C=N–C) groups is 1. The van der Waals surface area contributed by atoms with Gasteiger partial charge in [-0.05, 0) is 18.8 Å². The molecule has 0 spiro atoms. The maximum atomic E-state index is 5.78. The van der Waals surface area contributed by atoms with Crippen LogP contribution < -0.4 is 5.73 Å². The first kappa shape index (κ1) is 8.57. The van der Waals surface area contributed by atoms with Crippen molar-refractivity contribution in [3.05, 3.63) is 0 Å². The highest BCUT2D eigenvalue weighted by Crippen LogP contribution is 2.29. The quantitative estimate of drug-likeness (QED) is 0.478. The molecule has 0 amide bonds. The van der Waals surface area contributed by atoms with Gasteiger partial charge >= 0.3 is 0 Å². The van der Waals surface area contributed by atoms with E-state index in [0.717, 1.165) is 18.3 Å². The van der Waals surface area contributed by atoms with Gasteiger partial charge in [-0.1, -0.05) is 20.8 Å². The van der Waals surface area contributed by atoms with E-state index in [2.05, 4.69) is 25.8 Å². The summed E-state index contributed by atoms with van der Waals surface area (Å²) < 4.78 is 0. The van der Waals surface area contributed by atoms with Gasteiger partial charge in [0.15, 0.2) is 0 Å². The first-order valence-corrected chi connectivity index (χ1v) is 4.30. The molecule has 1 rings (SSSR count). The molecule has 0 unspecified atom stereocenters. The minimum Gasteiger partial charge on any atom is -0.387 e. The number of rotatable bonds is 2. The van der Waals surface area contributed by atoms with Crippen molar-refractivity contribution < 1.29 is 0 Å². The van der Waals surface area contributed by atoms with Crippen LogP contribution >= 0.6 is 0 Å². The lowest BCUT2D eigenvalue weighted by Gasteiger charge is -2.17. The molecule has 0 saturated heterocycles. The van der Waals surface area contributed by atoms with E-state index in [9.17, 15) is 0 Å². The summed E-state index contributed by atoms with van der Waals surface area (Å²) >= 11 is 0. The number of amidine groups is 1. The Morgan fingerprint density at radius 1 is 1.45 bits per heavy atom. The third kappa shape index (κ3) is 2.91. The Morgan fingerprint density at radius 3 is 2.36 bits per heavy atom. The van der Waals surface area contributed by atoms with Crippen molar-refractivity contribution in [3.8, 4) is 0 Å². The summed E-state index contributed by atoms with van der Waals surface area (Å²) in [6.45, 7) is 7.24. The highest BCUT2D eigenvalue weighted by Gasteiger charge is 2.22. The first-order chi connectivity index (χ1) is 5.00. The van der Waals surface area contributed by atoms with Crippen molar-refractivity contribution in [2.75, 3.05) is 6.54 Å². The topological polar surface area (TPSA) is 38.4 Å². The number of hydrogen-bond acceptors (Lipinski definition) is 1. The zero-order valence-electron chi connectivity index (χ0n) is 7.72. The standard InChI is InChI=1S/C9H18N2/c1-9(2,3)8(10)11-6-7-4-5-7/h7H,4-6H2,1-3H3,(H2,10,11). The number of nitrogens with zero attached hydrogens (tertiary/aromatic N) is 1. The van der Waals surface area contributed by atoms with Crippen molar-refractivity contribution in [3.63, 3.8) is 0 Å². The average Bonchev–Trinajstić information content (AvgIpc) is 2.62. The van der Waals surface area contributed by atoms with Crippen LogP contribution in [0.15, 0.2) is 4.99 Å². The fourth-order valence-electron chi connectivity index (χ4n) is 0.765. The van der Waals surface area contributed by atoms with Crippen LogP contribution in [-0.2, 0) is 0 Å². The fourth-order valence-corrected chi connectivity index (χ4v) is 0.765. The zero-order valence-corrected chi connectivity index (χ0v) is 7.72. The average molecular weight is 154 g/mol. The molecule has 2 heteroatoms. The van der Waals surface area contributed by atoms with Crippen LogP contribution in [-0.4, -0.2) is 12.4 Å². The van der Waals surface area contributed by atoms with E-state index in [1.165, 1.54) is 12.8 Å². The van der Waals surface area contributed by atoms with Crippen LogP contribution in [0.3, 0.4) is 0 Å². The second-order valence-corrected chi connectivity index (χ2v) is 4.42. The van der Waals surface area contributed by atoms with Gasteiger partial charge in [0.2, 0.25) is 0 Å². The van der Waals surface area contributed by atoms with Gasteiger partial charge in [0.25, 0.3) is 0 Å². The summed E-state index contributed by atoms with van der Waals surface area (Å²) in [6.07, 6.45) is 2.70. The predicted octanol–water partition coefficient (Wildman–Crippen LogP) is 1.80. The summed E-state index contributed by atoms with van der Waals surface area (Å²) in [5, 5.41) is 0. The van der Waals surface area contributed by atoms with Crippen molar-refractivity contribution in [2.45, 2.75) is 33.6 Å². The molecule has 0 radical (unpaired) electrons. The Hall–Kier alpha value is -0.530. The third-order valence-corrected chi connectivity index (χ3v) is 1.99. The van der Waals surface area contributed by atoms with Crippen molar-refractivity contribution in [2.24, 2.45) is 22.1 Å². The Balaban J connectivity index is 2.37. The highest BCUT2D eigenvalue weighted by atomic mass is 14.9. The van der Waals surface area contributed by atoms with Gasteiger partial charge in [0.05, 0.1) is 5.84 Å². The predicted molar refractivity (Wildman–Crippen MR) is 48.7 cm³/mol. The maximum absolute atomic E-state index is 5.78. The molecule has 11 heavy (non-hydrogen) atoms. The second kappa shape index (κ2) is 2.84. The molecule has 0 atom stereocenters. The second-order valence-electron chi connectivity index (χ2n) is 4.42. The molecule has 0 aliphatic heterocycles. The van der Waals surface area contributed by atoms with Gasteiger partial charge in [-0.3, -0.25) is 4.99 Å². The maximum Gasteiger partial charge on any atom is 0.0991 e. The minimum atomic E-state index is 0.0505. The van der Waals surface area contributed by atoms with Crippen molar-refractivity contribution >= 4 is 5.84 Å². The van der Waals surface area contributed by atoms with Gasteiger partial charge in [-0.25, -0.2) is 0 Å². The lowest BCUT2D eigenvalue weighted by molar-refractivity contribution is 0.579. The Labute approximate surface area is 68.9 Å². The molecule has 2 N–H and O–H groups in total. The van der Waals surface area contributed by atoms with Crippen molar-refractivity contribution in [1.29, 1.82) is 0 Å².